The number of fused-ring (bicyclic) bond motifs is 1. The predicted molar refractivity (Wildman–Crippen MR) is 118 cm³/mol. The molecular weight excluding hydrogens is 364 g/mol. The van der Waals surface area contributed by atoms with Gasteiger partial charge in [-0.05, 0) is 54.3 Å². The van der Waals surface area contributed by atoms with Crippen molar-refractivity contribution in [2.45, 2.75) is 20.4 Å². The van der Waals surface area contributed by atoms with E-state index < -0.39 is 0 Å². The molecule has 150 valence electrons. The van der Waals surface area contributed by atoms with Crippen LogP contribution in [0.1, 0.15) is 18.1 Å². The zero-order valence-corrected chi connectivity index (χ0v) is 16.9. The number of hydrogen-bond acceptors (Lipinski definition) is 4. The Morgan fingerprint density at radius 2 is 1.76 bits per heavy atom. The second-order valence-corrected chi connectivity index (χ2v) is 7.61. The fourth-order valence-electron chi connectivity index (χ4n) is 3.76. The van der Waals surface area contributed by atoms with Crippen LogP contribution in [0.4, 0.5) is 11.4 Å². The maximum atomic E-state index is 12.4. The van der Waals surface area contributed by atoms with Gasteiger partial charge in [0.25, 0.3) is 5.56 Å². The quantitative estimate of drug-likeness (QED) is 0.718. The number of H-pyrrole nitrogens is 1. The molecule has 4 rings (SSSR count). The molecule has 3 aromatic rings. The van der Waals surface area contributed by atoms with E-state index in [1.54, 1.807) is 6.92 Å². The molecule has 0 radical (unpaired) electrons. The Kier molecular flexibility index (Phi) is 5.25. The molecule has 0 bridgehead atoms. The number of hydrogen-bond donors (Lipinski definition) is 2. The number of aryl methyl sites for hydroxylation is 1. The van der Waals surface area contributed by atoms with Gasteiger partial charge in [-0.25, -0.2) is 0 Å². The van der Waals surface area contributed by atoms with Crippen molar-refractivity contribution >= 4 is 28.2 Å². The van der Waals surface area contributed by atoms with Crippen LogP contribution in [-0.4, -0.2) is 42.0 Å². The minimum atomic E-state index is -0.0597. The first-order chi connectivity index (χ1) is 14.0. The van der Waals surface area contributed by atoms with Crippen molar-refractivity contribution in [3.63, 3.8) is 0 Å². The van der Waals surface area contributed by atoms with Crippen LogP contribution in [-0.2, 0) is 11.3 Å². The van der Waals surface area contributed by atoms with Crippen molar-refractivity contribution in [2.24, 2.45) is 0 Å². The number of anilines is 2. The van der Waals surface area contributed by atoms with Crippen LogP contribution in [0.15, 0.2) is 53.3 Å². The minimum Gasteiger partial charge on any atom is -0.381 e. The van der Waals surface area contributed by atoms with Gasteiger partial charge in [-0.2, -0.15) is 0 Å². The highest BCUT2D eigenvalue weighted by Gasteiger charge is 2.18. The molecule has 0 atom stereocenters. The number of pyridine rings is 1. The number of carbonyl (C=O) groups excluding carboxylic acids is 1. The second kappa shape index (κ2) is 7.99. The highest BCUT2D eigenvalue weighted by Crippen LogP contribution is 2.20. The molecule has 6 heteroatoms. The number of carbonyl (C=O) groups is 1. The number of nitrogens with zero attached hydrogens (tertiary/aromatic N) is 2. The molecule has 2 aromatic carbocycles. The first-order valence-electron chi connectivity index (χ1n) is 9.96. The Hall–Kier alpha value is -3.28. The number of amides is 1. The SMILES string of the molecule is CC(=O)N1CCN(c2ccc(NCc3cc4ccc(C)cc4[nH]c3=O)cc2)CC1. The first-order valence-corrected chi connectivity index (χ1v) is 9.96. The Labute approximate surface area is 170 Å². The van der Waals surface area contributed by atoms with Gasteiger partial charge in [0.15, 0.2) is 0 Å². The topological polar surface area (TPSA) is 68.4 Å². The number of aromatic amines is 1. The molecule has 0 unspecified atom stereocenters. The molecule has 1 fully saturated rings. The fraction of sp³-hybridized carbons (Fsp3) is 0.304. The van der Waals surface area contributed by atoms with E-state index >= 15 is 0 Å². The summed E-state index contributed by atoms with van der Waals surface area (Å²) in [7, 11) is 0. The van der Waals surface area contributed by atoms with E-state index in [-0.39, 0.29) is 11.5 Å². The molecule has 0 saturated carbocycles. The van der Waals surface area contributed by atoms with Crippen molar-refractivity contribution in [1.82, 2.24) is 9.88 Å². The van der Waals surface area contributed by atoms with Crippen LogP contribution >= 0.6 is 0 Å². The zero-order chi connectivity index (χ0) is 20.4. The third-order valence-electron chi connectivity index (χ3n) is 5.52. The van der Waals surface area contributed by atoms with E-state index in [0.717, 1.165) is 54.0 Å². The van der Waals surface area contributed by atoms with E-state index in [1.165, 1.54) is 0 Å². The summed E-state index contributed by atoms with van der Waals surface area (Å²) in [5, 5.41) is 4.37. The average molecular weight is 390 g/mol. The number of benzene rings is 2. The summed E-state index contributed by atoms with van der Waals surface area (Å²) >= 11 is 0. The molecule has 0 aliphatic carbocycles. The lowest BCUT2D eigenvalue weighted by atomic mass is 10.1. The van der Waals surface area contributed by atoms with Gasteiger partial charge in [0.2, 0.25) is 5.91 Å². The maximum Gasteiger partial charge on any atom is 0.253 e. The third-order valence-corrected chi connectivity index (χ3v) is 5.52. The standard InChI is InChI=1S/C23H26N4O2/c1-16-3-4-18-14-19(23(29)25-22(18)13-16)15-24-20-5-7-21(8-6-20)27-11-9-26(10-12-27)17(2)28/h3-8,13-14,24H,9-12,15H2,1-2H3,(H,25,29). The first kappa shape index (κ1) is 19.1. The van der Waals surface area contributed by atoms with Crippen molar-refractivity contribution in [2.75, 3.05) is 36.4 Å². The summed E-state index contributed by atoms with van der Waals surface area (Å²) in [5.74, 6) is 0.142. The molecule has 1 aromatic heterocycles. The Bertz CT molecular complexity index is 1080. The monoisotopic (exact) mass is 390 g/mol. The predicted octanol–water partition coefficient (Wildman–Crippen LogP) is 3.12. The number of rotatable bonds is 4. The molecular formula is C23H26N4O2. The molecule has 1 amide bonds. The molecule has 1 saturated heterocycles. The van der Waals surface area contributed by atoms with Gasteiger partial charge in [0.05, 0.1) is 0 Å². The molecule has 0 spiro atoms. The number of piperazine rings is 1. The smallest absolute Gasteiger partial charge is 0.253 e. The van der Waals surface area contributed by atoms with Gasteiger partial charge in [0, 0.05) is 62.1 Å². The van der Waals surface area contributed by atoms with Gasteiger partial charge < -0.3 is 20.1 Å². The van der Waals surface area contributed by atoms with Gasteiger partial charge in [-0.3, -0.25) is 9.59 Å². The van der Waals surface area contributed by atoms with Crippen molar-refractivity contribution in [1.29, 1.82) is 0 Å². The number of aromatic nitrogens is 1. The van der Waals surface area contributed by atoms with Crippen LogP contribution in [0.2, 0.25) is 0 Å². The molecule has 1 aliphatic rings. The summed E-state index contributed by atoms with van der Waals surface area (Å²) in [6.45, 7) is 7.32. The van der Waals surface area contributed by atoms with Gasteiger partial charge >= 0.3 is 0 Å². The highest BCUT2D eigenvalue weighted by molar-refractivity contribution is 5.79. The van der Waals surface area contributed by atoms with Crippen LogP contribution in [0.5, 0.6) is 0 Å². The minimum absolute atomic E-state index is 0.0597. The lowest BCUT2D eigenvalue weighted by Gasteiger charge is -2.35. The Balaban J connectivity index is 1.40. The molecule has 29 heavy (non-hydrogen) atoms. The van der Waals surface area contributed by atoms with Gasteiger partial charge in [-0.1, -0.05) is 12.1 Å². The summed E-state index contributed by atoms with van der Waals surface area (Å²) < 4.78 is 0. The molecule has 1 aliphatic heterocycles. The third kappa shape index (κ3) is 4.26. The lowest BCUT2D eigenvalue weighted by molar-refractivity contribution is -0.129. The van der Waals surface area contributed by atoms with Crippen LogP contribution in [0.25, 0.3) is 10.9 Å². The van der Waals surface area contributed by atoms with E-state index in [2.05, 4.69) is 27.3 Å². The van der Waals surface area contributed by atoms with Crippen LogP contribution < -0.4 is 15.8 Å². The van der Waals surface area contributed by atoms with Gasteiger partial charge in [-0.15, -0.1) is 0 Å². The van der Waals surface area contributed by atoms with E-state index in [4.69, 9.17) is 0 Å². The average Bonchev–Trinajstić information content (AvgIpc) is 2.73. The van der Waals surface area contributed by atoms with Gasteiger partial charge in [0.1, 0.15) is 0 Å². The largest absolute Gasteiger partial charge is 0.381 e. The molecule has 2 heterocycles. The molecule has 2 N–H and O–H groups in total. The maximum absolute atomic E-state index is 12.4. The molecule has 6 nitrogen and oxygen atoms in total. The normalized spacial score (nSPS) is 14.3. The van der Waals surface area contributed by atoms with Crippen LogP contribution in [0, 0.1) is 6.92 Å². The van der Waals surface area contributed by atoms with Crippen molar-refractivity contribution < 1.29 is 4.79 Å². The lowest BCUT2D eigenvalue weighted by Crippen LogP contribution is -2.48. The Morgan fingerprint density at radius 3 is 2.45 bits per heavy atom. The van der Waals surface area contributed by atoms with Crippen molar-refractivity contribution in [3.05, 3.63) is 70.0 Å². The van der Waals surface area contributed by atoms with E-state index in [1.807, 2.05) is 48.2 Å². The summed E-state index contributed by atoms with van der Waals surface area (Å²) in [6, 6.07) is 16.2. The number of nitrogens with one attached hydrogen (secondary N) is 2. The zero-order valence-electron chi connectivity index (χ0n) is 16.9. The second-order valence-electron chi connectivity index (χ2n) is 7.61. The summed E-state index contributed by atoms with van der Waals surface area (Å²) in [5.41, 5.74) is 4.77. The van der Waals surface area contributed by atoms with E-state index in [9.17, 15) is 9.59 Å². The highest BCUT2D eigenvalue weighted by atomic mass is 16.2. The van der Waals surface area contributed by atoms with E-state index in [0.29, 0.717) is 12.1 Å². The summed E-state index contributed by atoms with van der Waals surface area (Å²) in [6.07, 6.45) is 0. The Morgan fingerprint density at radius 1 is 1.03 bits per heavy atom. The summed E-state index contributed by atoms with van der Waals surface area (Å²) in [4.78, 5) is 31.0. The van der Waals surface area contributed by atoms with Crippen LogP contribution in [0.3, 0.4) is 0 Å². The van der Waals surface area contributed by atoms with Crippen molar-refractivity contribution in [3.8, 4) is 0 Å². The fourth-order valence-corrected chi connectivity index (χ4v) is 3.76.